The van der Waals surface area contributed by atoms with E-state index in [1.165, 1.54) is 0 Å². The number of H-pyrrole nitrogens is 1. The number of amides is 2. The van der Waals surface area contributed by atoms with Gasteiger partial charge in [-0.05, 0) is 48.9 Å². The van der Waals surface area contributed by atoms with E-state index in [-0.39, 0.29) is 29.1 Å². The Morgan fingerprint density at radius 2 is 1.76 bits per heavy atom. The van der Waals surface area contributed by atoms with Crippen LogP contribution in [0.15, 0.2) is 48.5 Å². The van der Waals surface area contributed by atoms with Crippen molar-refractivity contribution < 1.29 is 14.3 Å². The maximum atomic E-state index is 12.9. The first-order valence-corrected chi connectivity index (χ1v) is 13.3. The molecule has 41 heavy (non-hydrogen) atoms. The summed E-state index contributed by atoms with van der Waals surface area (Å²) in [5.41, 5.74) is 10.4. The van der Waals surface area contributed by atoms with Crippen molar-refractivity contribution in [1.82, 2.24) is 30.0 Å². The number of aromatic nitrogens is 5. The van der Waals surface area contributed by atoms with Crippen LogP contribution >= 0.6 is 0 Å². The normalized spacial score (nSPS) is 13.6. The monoisotopic (exact) mass is 555 g/mol. The van der Waals surface area contributed by atoms with E-state index in [1.54, 1.807) is 47.4 Å². The Morgan fingerprint density at radius 3 is 2.44 bits per heavy atom. The topological polar surface area (TPSA) is 164 Å². The lowest BCUT2D eigenvalue weighted by Crippen LogP contribution is -2.40. The zero-order valence-corrected chi connectivity index (χ0v) is 23.5. The summed E-state index contributed by atoms with van der Waals surface area (Å²) < 4.78 is 5.33. The number of nitrogens with zero attached hydrogens (tertiary/aromatic N) is 5. The predicted octanol–water partition coefficient (Wildman–Crippen LogP) is 3.92. The third kappa shape index (κ3) is 6.33. The summed E-state index contributed by atoms with van der Waals surface area (Å²) in [4.78, 5) is 40.6. The van der Waals surface area contributed by atoms with Crippen molar-refractivity contribution in [2.75, 3.05) is 42.7 Å². The van der Waals surface area contributed by atoms with E-state index in [0.29, 0.717) is 60.3 Å². The van der Waals surface area contributed by atoms with Crippen LogP contribution in [-0.2, 0) is 10.2 Å². The van der Waals surface area contributed by atoms with Gasteiger partial charge in [0.2, 0.25) is 11.9 Å². The molecular weight excluding hydrogens is 522 g/mol. The number of anilines is 4. The Labute approximate surface area is 237 Å². The number of aromatic amines is 1. The number of nitrogen functional groups attached to an aromatic ring is 1. The van der Waals surface area contributed by atoms with Gasteiger partial charge in [-0.2, -0.15) is 20.1 Å². The minimum absolute atomic E-state index is 0.0316. The van der Waals surface area contributed by atoms with E-state index in [1.807, 2.05) is 33.8 Å². The molecule has 212 valence electrons. The number of carbonyl (C=O) groups excluding carboxylic acids is 2. The highest BCUT2D eigenvalue weighted by atomic mass is 16.5. The second kappa shape index (κ2) is 11.3. The van der Waals surface area contributed by atoms with Gasteiger partial charge in [0.15, 0.2) is 11.5 Å². The number of nitrogens with two attached hydrogens (primary N) is 1. The van der Waals surface area contributed by atoms with E-state index in [2.05, 4.69) is 35.8 Å². The lowest BCUT2D eigenvalue weighted by atomic mass is 9.92. The van der Waals surface area contributed by atoms with Gasteiger partial charge in [0.1, 0.15) is 0 Å². The number of benzene rings is 2. The number of ether oxygens (including phenoxy) is 1. The maximum Gasteiger partial charge on any atom is 0.276 e. The molecule has 4 aromatic rings. The van der Waals surface area contributed by atoms with Crippen LogP contribution < -0.4 is 16.4 Å². The molecule has 5 N–H and O–H groups in total. The molecule has 0 aliphatic carbocycles. The molecule has 1 aliphatic rings. The van der Waals surface area contributed by atoms with Crippen LogP contribution in [0, 0.1) is 6.92 Å². The van der Waals surface area contributed by atoms with Crippen LogP contribution in [0.5, 0.6) is 0 Å². The van der Waals surface area contributed by atoms with E-state index >= 15 is 0 Å². The van der Waals surface area contributed by atoms with Crippen molar-refractivity contribution in [2.24, 2.45) is 0 Å². The molecule has 2 amide bonds. The second-order valence-corrected chi connectivity index (χ2v) is 10.8. The van der Waals surface area contributed by atoms with E-state index < -0.39 is 0 Å². The molecule has 12 nitrogen and oxygen atoms in total. The minimum Gasteiger partial charge on any atom is -0.378 e. The lowest BCUT2D eigenvalue weighted by molar-refractivity contribution is 0.0303. The molecule has 0 unspecified atom stereocenters. The van der Waals surface area contributed by atoms with Crippen LogP contribution in [0.4, 0.5) is 23.3 Å². The van der Waals surface area contributed by atoms with Gasteiger partial charge < -0.3 is 26.0 Å². The number of nitrogens with one attached hydrogen (secondary N) is 3. The highest BCUT2D eigenvalue weighted by Gasteiger charge is 2.21. The Morgan fingerprint density at radius 1 is 1.02 bits per heavy atom. The SMILES string of the molecule is Cc1c(NC(=O)c2cc(C(C)(C)C)[nH]n2)cccc1-c1nc(N)nc(Nc2ccc(C(=O)N3CCOCC3)cc2)n1. The lowest BCUT2D eigenvalue weighted by Gasteiger charge is -2.26. The summed E-state index contributed by atoms with van der Waals surface area (Å²) in [6, 6.07) is 14.3. The molecule has 0 radical (unpaired) electrons. The van der Waals surface area contributed by atoms with E-state index in [4.69, 9.17) is 10.5 Å². The molecule has 0 saturated carbocycles. The third-order valence-electron chi connectivity index (χ3n) is 6.78. The van der Waals surface area contributed by atoms with Gasteiger partial charge in [0.05, 0.1) is 13.2 Å². The summed E-state index contributed by atoms with van der Waals surface area (Å²) >= 11 is 0. The van der Waals surface area contributed by atoms with Crippen LogP contribution in [0.25, 0.3) is 11.4 Å². The third-order valence-corrected chi connectivity index (χ3v) is 6.78. The molecule has 2 aromatic heterocycles. The number of rotatable bonds is 6. The van der Waals surface area contributed by atoms with E-state index in [9.17, 15) is 9.59 Å². The van der Waals surface area contributed by atoms with Crippen molar-refractivity contribution >= 4 is 35.1 Å². The molecule has 1 aliphatic heterocycles. The van der Waals surface area contributed by atoms with Crippen LogP contribution in [0.2, 0.25) is 0 Å². The van der Waals surface area contributed by atoms with Crippen LogP contribution in [0.3, 0.4) is 0 Å². The first kappa shape index (κ1) is 27.7. The van der Waals surface area contributed by atoms with Gasteiger partial charge in [-0.25, -0.2) is 0 Å². The Bertz CT molecular complexity index is 1570. The van der Waals surface area contributed by atoms with Gasteiger partial charge >= 0.3 is 0 Å². The smallest absolute Gasteiger partial charge is 0.276 e. The number of carbonyl (C=O) groups is 2. The molecule has 0 spiro atoms. The van der Waals surface area contributed by atoms with Crippen LogP contribution in [-0.4, -0.2) is 68.2 Å². The number of morpholine rings is 1. The average molecular weight is 556 g/mol. The first-order chi connectivity index (χ1) is 19.6. The van der Waals surface area contributed by atoms with Crippen molar-refractivity contribution in [3.8, 4) is 11.4 Å². The van der Waals surface area contributed by atoms with Gasteiger partial charge in [-0.15, -0.1) is 0 Å². The highest BCUT2D eigenvalue weighted by Crippen LogP contribution is 2.28. The predicted molar refractivity (Wildman–Crippen MR) is 156 cm³/mol. The fourth-order valence-electron chi connectivity index (χ4n) is 4.36. The largest absolute Gasteiger partial charge is 0.378 e. The fourth-order valence-corrected chi connectivity index (χ4v) is 4.36. The molecule has 0 bridgehead atoms. The maximum absolute atomic E-state index is 12.9. The van der Waals surface area contributed by atoms with E-state index in [0.717, 1.165) is 11.3 Å². The fraction of sp³-hybridized carbons (Fsp3) is 0.310. The second-order valence-electron chi connectivity index (χ2n) is 10.8. The zero-order valence-electron chi connectivity index (χ0n) is 23.5. The van der Waals surface area contributed by atoms with Crippen LogP contribution in [0.1, 0.15) is 52.9 Å². The molecule has 1 saturated heterocycles. The average Bonchev–Trinajstić information content (AvgIpc) is 3.46. The van der Waals surface area contributed by atoms with Gasteiger partial charge in [0.25, 0.3) is 11.8 Å². The summed E-state index contributed by atoms with van der Waals surface area (Å²) in [7, 11) is 0. The Hall–Kier alpha value is -4.84. The molecule has 3 heterocycles. The van der Waals surface area contributed by atoms with Gasteiger partial charge in [0, 0.05) is 46.7 Å². The molecule has 1 fully saturated rings. The molecule has 5 rings (SSSR count). The zero-order chi connectivity index (χ0) is 29.1. The van der Waals surface area contributed by atoms with Gasteiger partial charge in [-0.1, -0.05) is 32.9 Å². The van der Waals surface area contributed by atoms with Gasteiger partial charge in [-0.3, -0.25) is 14.7 Å². The minimum atomic E-state index is -0.329. The summed E-state index contributed by atoms with van der Waals surface area (Å²) in [5.74, 6) is 0.278. The quantitative estimate of drug-likeness (QED) is 0.276. The van der Waals surface area contributed by atoms with Crippen molar-refractivity contribution in [1.29, 1.82) is 0 Å². The summed E-state index contributed by atoms with van der Waals surface area (Å²) in [6.45, 7) is 10.3. The van der Waals surface area contributed by atoms with Crippen molar-refractivity contribution in [3.05, 3.63) is 71.0 Å². The van der Waals surface area contributed by atoms with Crippen molar-refractivity contribution in [2.45, 2.75) is 33.1 Å². The first-order valence-electron chi connectivity index (χ1n) is 13.3. The Kier molecular flexibility index (Phi) is 7.66. The molecule has 12 heteroatoms. The molecular formula is C29H33N9O3. The number of hydrogen-bond acceptors (Lipinski definition) is 9. The Balaban J connectivity index is 1.33. The highest BCUT2D eigenvalue weighted by molar-refractivity contribution is 6.03. The van der Waals surface area contributed by atoms with Crippen molar-refractivity contribution in [3.63, 3.8) is 0 Å². The summed E-state index contributed by atoms with van der Waals surface area (Å²) in [6.07, 6.45) is 0. The molecule has 2 aromatic carbocycles. The number of hydrogen-bond donors (Lipinski definition) is 4. The standard InChI is InChI=1S/C29H33N9O3/c1-17-20(6-5-7-21(17)32-25(39)22-16-23(37-36-22)29(2,3)4)24-33-27(30)35-28(34-24)31-19-10-8-18(9-11-19)26(40)38-12-14-41-15-13-38/h5-11,16H,12-15H2,1-4H3,(H,32,39)(H,36,37)(H3,30,31,33,34,35). The molecule has 0 atom stereocenters. The summed E-state index contributed by atoms with van der Waals surface area (Å²) in [5, 5.41) is 13.2.